The molecule has 2 rings (SSSR count). The Morgan fingerprint density at radius 2 is 1.94 bits per heavy atom. The van der Waals surface area contributed by atoms with Crippen molar-refractivity contribution >= 4 is 22.9 Å². The highest BCUT2D eigenvalue weighted by atomic mass is 16.2. The third-order valence-electron chi connectivity index (χ3n) is 2.43. The summed E-state index contributed by atoms with van der Waals surface area (Å²) < 4.78 is 1.48. The minimum Gasteiger partial charge on any atom is -0.369 e. The monoisotopic (exact) mass is 217 g/mol. The summed E-state index contributed by atoms with van der Waals surface area (Å²) in [6.45, 7) is 5.59. The van der Waals surface area contributed by atoms with E-state index in [0.717, 1.165) is 11.0 Å². The Morgan fingerprint density at radius 1 is 1.31 bits per heavy atom. The third kappa shape index (κ3) is 1.56. The number of nitrogen functional groups attached to an aromatic ring is 1. The fourth-order valence-corrected chi connectivity index (χ4v) is 1.59. The van der Waals surface area contributed by atoms with Crippen molar-refractivity contribution in [2.24, 2.45) is 5.41 Å². The van der Waals surface area contributed by atoms with Gasteiger partial charge in [-0.2, -0.15) is 0 Å². The van der Waals surface area contributed by atoms with Crippen molar-refractivity contribution in [1.29, 1.82) is 0 Å². The topological polar surface area (TPSA) is 60.9 Å². The van der Waals surface area contributed by atoms with Crippen molar-refractivity contribution in [3.8, 4) is 0 Å². The SMILES string of the molecule is CC(C)(C)C(=O)n1c(N)nc2ccccc21. The van der Waals surface area contributed by atoms with Crippen LogP contribution in [0.4, 0.5) is 5.95 Å². The number of hydrogen-bond donors (Lipinski definition) is 1. The summed E-state index contributed by atoms with van der Waals surface area (Å²) in [5.74, 6) is 0.208. The molecule has 1 aromatic heterocycles. The molecule has 0 amide bonds. The van der Waals surface area contributed by atoms with Crippen molar-refractivity contribution < 1.29 is 4.79 Å². The Morgan fingerprint density at radius 3 is 2.56 bits per heavy atom. The van der Waals surface area contributed by atoms with Crippen molar-refractivity contribution in [1.82, 2.24) is 9.55 Å². The molecular weight excluding hydrogens is 202 g/mol. The fourth-order valence-electron chi connectivity index (χ4n) is 1.59. The predicted molar refractivity (Wildman–Crippen MR) is 64.2 cm³/mol. The van der Waals surface area contributed by atoms with Gasteiger partial charge in [-0.05, 0) is 12.1 Å². The second-order valence-corrected chi connectivity index (χ2v) is 4.85. The number of nitrogens with zero attached hydrogens (tertiary/aromatic N) is 2. The van der Waals surface area contributed by atoms with Crippen LogP contribution in [0.3, 0.4) is 0 Å². The maximum Gasteiger partial charge on any atom is 0.239 e. The van der Waals surface area contributed by atoms with Crippen LogP contribution in [0.25, 0.3) is 11.0 Å². The summed E-state index contributed by atoms with van der Waals surface area (Å²) in [4.78, 5) is 16.4. The zero-order valence-electron chi connectivity index (χ0n) is 9.69. The van der Waals surface area contributed by atoms with Crippen LogP contribution < -0.4 is 5.73 Å². The molecule has 4 heteroatoms. The van der Waals surface area contributed by atoms with E-state index in [1.807, 2.05) is 45.0 Å². The molecule has 0 fully saturated rings. The number of hydrogen-bond acceptors (Lipinski definition) is 3. The number of imidazole rings is 1. The van der Waals surface area contributed by atoms with Crippen LogP contribution in [0.1, 0.15) is 25.6 Å². The number of rotatable bonds is 0. The summed E-state index contributed by atoms with van der Waals surface area (Å²) >= 11 is 0. The molecule has 2 N–H and O–H groups in total. The molecule has 0 saturated carbocycles. The van der Waals surface area contributed by atoms with Gasteiger partial charge in [0.1, 0.15) is 0 Å². The molecule has 0 spiro atoms. The number of carbonyl (C=O) groups is 1. The van der Waals surface area contributed by atoms with Gasteiger partial charge in [-0.3, -0.25) is 4.79 Å². The van der Waals surface area contributed by atoms with Gasteiger partial charge >= 0.3 is 0 Å². The van der Waals surface area contributed by atoms with Gasteiger partial charge in [0.05, 0.1) is 11.0 Å². The van der Waals surface area contributed by atoms with Crippen LogP contribution in [0.2, 0.25) is 0 Å². The van der Waals surface area contributed by atoms with Crippen LogP contribution in [-0.2, 0) is 0 Å². The molecule has 16 heavy (non-hydrogen) atoms. The standard InChI is InChI=1S/C12H15N3O/c1-12(2,3)10(16)15-9-7-5-4-6-8(9)14-11(15)13/h4-7H,1-3H3,(H2,13,14). The Bertz CT molecular complexity index is 549. The number of fused-ring (bicyclic) bond motifs is 1. The van der Waals surface area contributed by atoms with Gasteiger partial charge in [0.25, 0.3) is 0 Å². The van der Waals surface area contributed by atoms with E-state index in [9.17, 15) is 4.79 Å². The summed E-state index contributed by atoms with van der Waals surface area (Å²) in [5, 5.41) is 0. The van der Waals surface area contributed by atoms with Gasteiger partial charge in [-0.25, -0.2) is 9.55 Å². The van der Waals surface area contributed by atoms with E-state index in [4.69, 9.17) is 5.73 Å². The zero-order chi connectivity index (χ0) is 11.9. The average Bonchev–Trinajstić information content (AvgIpc) is 2.51. The first-order valence-electron chi connectivity index (χ1n) is 5.19. The summed E-state index contributed by atoms with van der Waals surface area (Å²) in [6.07, 6.45) is 0. The molecular formula is C12H15N3O. The molecule has 1 aromatic carbocycles. The third-order valence-corrected chi connectivity index (χ3v) is 2.43. The van der Waals surface area contributed by atoms with Gasteiger partial charge in [0, 0.05) is 5.41 Å². The quantitative estimate of drug-likeness (QED) is 0.736. The number of benzene rings is 1. The van der Waals surface area contributed by atoms with Crippen molar-refractivity contribution in [2.45, 2.75) is 20.8 Å². The molecule has 4 nitrogen and oxygen atoms in total. The van der Waals surface area contributed by atoms with Crippen molar-refractivity contribution in [2.75, 3.05) is 5.73 Å². The minimum atomic E-state index is -0.475. The lowest BCUT2D eigenvalue weighted by atomic mass is 9.95. The number of anilines is 1. The van der Waals surface area contributed by atoms with Crippen molar-refractivity contribution in [3.63, 3.8) is 0 Å². The second-order valence-electron chi connectivity index (χ2n) is 4.85. The molecule has 0 radical (unpaired) electrons. The minimum absolute atomic E-state index is 0.0429. The number of para-hydroxylation sites is 2. The van der Waals surface area contributed by atoms with Crippen LogP contribution >= 0.6 is 0 Å². The summed E-state index contributed by atoms with van der Waals surface area (Å²) in [7, 11) is 0. The highest BCUT2D eigenvalue weighted by molar-refractivity contribution is 5.95. The first kappa shape index (κ1) is 10.7. The van der Waals surface area contributed by atoms with Gasteiger partial charge < -0.3 is 5.73 Å². The number of aromatic nitrogens is 2. The zero-order valence-corrected chi connectivity index (χ0v) is 9.69. The molecule has 1 heterocycles. The van der Waals surface area contributed by atoms with Crippen molar-refractivity contribution in [3.05, 3.63) is 24.3 Å². The molecule has 84 valence electrons. The van der Waals surface area contributed by atoms with E-state index in [1.165, 1.54) is 4.57 Å². The maximum atomic E-state index is 12.2. The number of carbonyl (C=O) groups excluding carboxylic acids is 1. The van der Waals surface area contributed by atoms with E-state index in [0.29, 0.717) is 0 Å². The van der Waals surface area contributed by atoms with E-state index in [1.54, 1.807) is 0 Å². The normalized spacial score (nSPS) is 11.9. The fraction of sp³-hybridized carbons (Fsp3) is 0.333. The van der Waals surface area contributed by atoms with Crippen LogP contribution in [-0.4, -0.2) is 15.5 Å². The van der Waals surface area contributed by atoms with Gasteiger partial charge in [-0.1, -0.05) is 32.9 Å². The van der Waals surface area contributed by atoms with Crippen LogP contribution in [0.5, 0.6) is 0 Å². The Hall–Kier alpha value is -1.84. The highest BCUT2D eigenvalue weighted by Crippen LogP contribution is 2.23. The molecule has 0 aliphatic rings. The largest absolute Gasteiger partial charge is 0.369 e. The Balaban J connectivity index is 2.69. The predicted octanol–water partition coefficient (Wildman–Crippen LogP) is 2.30. The van der Waals surface area contributed by atoms with E-state index >= 15 is 0 Å². The Labute approximate surface area is 94.1 Å². The lowest BCUT2D eigenvalue weighted by Crippen LogP contribution is -2.27. The Kier molecular flexibility index (Phi) is 2.22. The van der Waals surface area contributed by atoms with Crippen LogP contribution in [0.15, 0.2) is 24.3 Å². The lowest BCUT2D eigenvalue weighted by molar-refractivity contribution is 0.0775. The van der Waals surface area contributed by atoms with E-state index < -0.39 is 5.41 Å². The number of nitrogens with two attached hydrogens (primary N) is 1. The molecule has 0 unspecified atom stereocenters. The lowest BCUT2D eigenvalue weighted by Gasteiger charge is -2.18. The molecule has 0 aliphatic heterocycles. The van der Waals surface area contributed by atoms with E-state index in [-0.39, 0.29) is 11.9 Å². The molecule has 0 saturated heterocycles. The second kappa shape index (κ2) is 3.33. The first-order valence-corrected chi connectivity index (χ1v) is 5.19. The van der Waals surface area contributed by atoms with Gasteiger partial charge in [0.2, 0.25) is 11.9 Å². The maximum absolute atomic E-state index is 12.2. The summed E-state index contributed by atoms with van der Waals surface area (Å²) in [5.41, 5.74) is 6.82. The molecule has 0 bridgehead atoms. The first-order chi connectivity index (χ1) is 7.41. The molecule has 0 atom stereocenters. The smallest absolute Gasteiger partial charge is 0.239 e. The van der Waals surface area contributed by atoms with Crippen LogP contribution in [0, 0.1) is 5.41 Å². The van der Waals surface area contributed by atoms with Gasteiger partial charge in [0.15, 0.2) is 0 Å². The summed E-state index contributed by atoms with van der Waals surface area (Å²) in [6, 6.07) is 7.44. The van der Waals surface area contributed by atoms with E-state index in [2.05, 4.69) is 4.98 Å². The molecule has 2 aromatic rings. The highest BCUT2D eigenvalue weighted by Gasteiger charge is 2.26. The molecule has 0 aliphatic carbocycles. The van der Waals surface area contributed by atoms with Gasteiger partial charge in [-0.15, -0.1) is 0 Å². The average molecular weight is 217 g/mol.